The molecule has 3 amide bonds. The van der Waals surface area contributed by atoms with Crippen molar-refractivity contribution < 1.29 is 9.59 Å². The molecule has 1 atom stereocenters. The van der Waals surface area contributed by atoms with E-state index in [2.05, 4.69) is 10.6 Å². The van der Waals surface area contributed by atoms with Crippen molar-refractivity contribution in [1.82, 2.24) is 15.5 Å². The van der Waals surface area contributed by atoms with Crippen LogP contribution < -0.4 is 10.6 Å². The summed E-state index contributed by atoms with van der Waals surface area (Å²) in [7, 11) is 1.81. The lowest BCUT2D eigenvalue weighted by atomic mass is 10.2. The molecule has 0 fully saturated rings. The van der Waals surface area contributed by atoms with Gasteiger partial charge < -0.3 is 5.32 Å². The molecule has 0 saturated heterocycles. The number of rotatable bonds is 5. The second kappa shape index (κ2) is 7.87. The summed E-state index contributed by atoms with van der Waals surface area (Å²) < 4.78 is 0. The summed E-state index contributed by atoms with van der Waals surface area (Å²) in [6.07, 6.45) is 0. The van der Waals surface area contributed by atoms with Gasteiger partial charge in [-0.25, -0.2) is 4.79 Å². The molecule has 6 heteroatoms. The SMILES string of the molecule is CCNC(=O)NC(=O)[C@@H](C)N(C)Cc1ccccc1Cl. The zero-order chi connectivity index (χ0) is 15.1. The topological polar surface area (TPSA) is 61.4 Å². The van der Waals surface area contributed by atoms with Crippen LogP contribution in [0.5, 0.6) is 0 Å². The van der Waals surface area contributed by atoms with Crippen molar-refractivity contribution in [2.45, 2.75) is 26.4 Å². The number of benzene rings is 1. The van der Waals surface area contributed by atoms with Crippen LogP contribution >= 0.6 is 11.6 Å². The van der Waals surface area contributed by atoms with E-state index < -0.39 is 12.1 Å². The molecule has 0 heterocycles. The molecule has 1 aromatic rings. The van der Waals surface area contributed by atoms with E-state index in [1.807, 2.05) is 36.2 Å². The highest BCUT2D eigenvalue weighted by Gasteiger charge is 2.20. The fraction of sp³-hybridized carbons (Fsp3) is 0.429. The summed E-state index contributed by atoms with van der Waals surface area (Å²) in [5.74, 6) is -0.342. The molecule has 20 heavy (non-hydrogen) atoms. The van der Waals surface area contributed by atoms with Gasteiger partial charge in [0, 0.05) is 18.1 Å². The van der Waals surface area contributed by atoms with Gasteiger partial charge in [-0.2, -0.15) is 0 Å². The summed E-state index contributed by atoms with van der Waals surface area (Å²) in [4.78, 5) is 25.0. The monoisotopic (exact) mass is 297 g/mol. The van der Waals surface area contributed by atoms with E-state index in [1.54, 1.807) is 13.8 Å². The van der Waals surface area contributed by atoms with Crippen molar-refractivity contribution in [3.8, 4) is 0 Å². The lowest BCUT2D eigenvalue weighted by Crippen LogP contribution is -2.48. The summed E-state index contributed by atoms with van der Waals surface area (Å²) in [5, 5.41) is 5.48. The Bertz CT molecular complexity index is 479. The lowest BCUT2D eigenvalue weighted by Gasteiger charge is -2.24. The van der Waals surface area contributed by atoms with Gasteiger partial charge in [0.15, 0.2) is 0 Å². The summed E-state index contributed by atoms with van der Waals surface area (Å²) in [6, 6.07) is 6.56. The predicted octanol–water partition coefficient (Wildman–Crippen LogP) is 2.01. The molecule has 0 spiro atoms. The maximum absolute atomic E-state index is 11.9. The number of nitrogens with zero attached hydrogens (tertiary/aromatic N) is 1. The Morgan fingerprint density at radius 2 is 2.00 bits per heavy atom. The summed E-state index contributed by atoms with van der Waals surface area (Å²) >= 11 is 6.09. The molecule has 5 nitrogen and oxygen atoms in total. The molecule has 0 radical (unpaired) electrons. The van der Waals surface area contributed by atoms with Crippen LogP contribution in [-0.4, -0.2) is 36.5 Å². The molecule has 2 N–H and O–H groups in total. The Labute approximate surface area is 124 Å². The first-order valence-corrected chi connectivity index (χ1v) is 6.85. The van der Waals surface area contributed by atoms with Crippen LogP contribution in [-0.2, 0) is 11.3 Å². The molecule has 1 aromatic carbocycles. The smallest absolute Gasteiger partial charge is 0.321 e. The van der Waals surface area contributed by atoms with Crippen LogP contribution in [0.2, 0.25) is 5.02 Å². The highest BCUT2D eigenvalue weighted by atomic mass is 35.5. The Morgan fingerprint density at radius 3 is 2.60 bits per heavy atom. The third-order valence-corrected chi connectivity index (χ3v) is 3.36. The minimum Gasteiger partial charge on any atom is -0.338 e. The molecule has 110 valence electrons. The van der Waals surface area contributed by atoms with Gasteiger partial charge >= 0.3 is 6.03 Å². The standard InChI is InChI=1S/C14H20ClN3O2/c1-4-16-14(20)17-13(19)10(2)18(3)9-11-7-5-6-8-12(11)15/h5-8,10H,4,9H2,1-3H3,(H2,16,17,19,20)/t10-/m1/s1. The molecule has 1 rings (SSSR count). The third kappa shape index (κ3) is 4.83. The number of carbonyl (C=O) groups excluding carboxylic acids is 2. The van der Waals surface area contributed by atoms with Crippen LogP contribution in [0.1, 0.15) is 19.4 Å². The fourth-order valence-electron chi connectivity index (χ4n) is 1.65. The number of carbonyl (C=O) groups is 2. The maximum Gasteiger partial charge on any atom is 0.321 e. The van der Waals surface area contributed by atoms with Gasteiger partial charge in [-0.1, -0.05) is 29.8 Å². The van der Waals surface area contributed by atoms with Crippen LogP contribution in [0.25, 0.3) is 0 Å². The van der Waals surface area contributed by atoms with Gasteiger partial charge in [0.2, 0.25) is 5.91 Å². The van der Waals surface area contributed by atoms with Crippen LogP contribution in [0.3, 0.4) is 0 Å². The number of likely N-dealkylation sites (N-methyl/N-ethyl adjacent to an activating group) is 1. The van der Waals surface area contributed by atoms with Crippen LogP contribution in [0.4, 0.5) is 4.79 Å². The molecule has 0 aliphatic rings. The first-order chi connectivity index (χ1) is 9.45. The number of urea groups is 1. The molecule has 0 aliphatic carbocycles. The van der Waals surface area contributed by atoms with Crippen molar-refractivity contribution in [2.75, 3.05) is 13.6 Å². The van der Waals surface area contributed by atoms with Crippen molar-refractivity contribution in [1.29, 1.82) is 0 Å². The normalized spacial score (nSPS) is 12.1. The Hall–Kier alpha value is -1.59. The number of halogens is 1. The fourth-order valence-corrected chi connectivity index (χ4v) is 1.85. The van der Waals surface area contributed by atoms with Crippen LogP contribution in [0, 0.1) is 0 Å². The molecule has 0 unspecified atom stereocenters. The van der Waals surface area contributed by atoms with E-state index in [4.69, 9.17) is 11.6 Å². The average Bonchev–Trinajstić information content (AvgIpc) is 2.40. The van der Waals surface area contributed by atoms with Gasteiger partial charge in [-0.3, -0.25) is 15.0 Å². The molecule has 0 aromatic heterocycles. The maximum atomic E-state index is 11.9. The Kier molecular flexibility index (Phi) is 6.48. The van der Waals surface area contributed by atoms with Crippen molar-refractivity contribution in [3.63, 3.8) is 0 Å². The Morgan fingerprint density at radius 1 is 1.35 bits per heavy atom. The summed E-state index contributed by atoms with van der Waals surface area (Å²) in [6.45, 7) is 4.54. The largest absolute Gasteiger partial charge is 0.338 e. The number of imide groups is 1. The van der Waals surface area contributed by atoms with Crippen molar-refractivity contribution >= 4 is 23.5 Å². The van der Waals surface area contributed by atoms with E-state index in [9.17, 15) is 9.59 Å². The van der Waals surface area contributed by atoms with Gasteiger partial charge in [-0.15, -0.1) is 0 Å². The van der Waals surface area contributed by atoms with Crippen LogP contribution in [0.15, 0.2) is 24.3 Å². The Balaban J connectivity index is 2.58. The van der Waals surface area contributed by atoms with E-state index >= 15 is 0 Å². The van der Waals surface area contributed by atoms with Crippen molar-refractivity contribution in [2.24, 2.45) is 0 Å². The van der Waals surface area contributed by atoms with Gasteiger partial charge in [0.25, 0.3) is 0 Å². The summed E-state index contributed by atoms with van der Waals surface area (Å²) in [5.41, 5.74) is 0.939. The zero-order valence-corrected chi connectivity index (χ0v) is 12.7. The first-order valence-electron chi connectivity index (χ1n) is 6.48. The van der Waals surface area contributed by atoms with Gasteiger partial charge in [-0.05, 0) is 32.5 Å². The highest BCUT2D eigenvalue weighted by molar-refractivity contribution is 6.31. The molecular formula is C14H20ClN3O2. The van der Waals surface area contributed by atoms with Gasteiger partial charge in [0.1, 0.15) is 0 Å². The second-order valence-electron chi connectivity index (χ2n) is 4.53. The molecular weight excluding hydrogens is 278 g/mol. The molecule has 0 saturated carbocycles. The molecule has 0 bridgehead atoms. The minimum absolute atomic E-state index is 0.342. The number of nitrogens with one attached hydrogen (secondary N) is 2. The average molecular weight is 298 g/mol. The first kappa shape index (κ1) is 16.5. The minimum atomic E-state index is -0.476. The van der Waals surface area contributed by atoms with E-state index in [0.29, 0.717) is 18.1 Å². The predicted molar refractivity (Wildman–Crippen MR) is 79.6 cm³/mol. The zero-order valence-electron chi connectivity index (χ0n) is 11.9. The van der Waals surface area contributed by atoms with E-state index in [-0.39, 0.29) is 5.91 Å². The lowest BCUT2D eigenvalue weighted by molar-refractivity contribution is -0.124. The quantitative estimate of drug-likeness (QED) is 0.874. The highest BCUT2D eigenvalue weighted by Crippen LogP contribution is 2.17. The molecule has 0 aliphatic heterocycles. The number of amides is 3. The second-order valence-corrected chi connectivity index (χ2v) is 4.94. The third-order valence-electron chi connectivity index (χ3n) is 2.99. The number of hydrogen-bond acceptors (Lipinski definition) is 3. The van der Waals surface area contributed by atoms with E-state index in [1.165, 1.54) is 0 Å². The number of hydrogen-bond donors (Lipinski definition) is 2. The van der Waals surface area contributed by atoms with Gasteiger partial charge in [0.05, 0.1) is 6.04 Å². The van der Waals surface area contributed by atoms with E-state index in [0.717, 1.165) is 5.56 Å². The van der Waals surface area contributed by atoms with Crippen molar-refractivity contribution in [3.05, 3.63) is 34.9 Å².